The molecule has 1 N–H and O–H groups in total. The minimum atomic E-state index is -4.49. The Morgan fingerprint density at radius 1 is 0.974 bits per heavy atom. The van der Waals surface area contributed by atoms with Gasteiger partial charge in [-0.3, -0.25) is 4.98 Å². The van der Waals surface area contributed by atoms with Crippen LogP contribution in [-0.4, -0.2) is 20.8 Å². The molecule has 2 aromatic heterocycles. The van der Waals surface area contributed by atoms with Gasteiger partial charge in [0.1, 0.15) is 5.75 Å². The van der Waals surface area contributed by atoms with Crippen LogP contribution in [0, 0.1) is 13.8 Å². The molecular weight excluding hydrogens is 521 g/mol. The molecule has 0 radical (unpaired) electrons. The molecule has 9 heteroatoms. The summed E-state index contributed by atoms with van der Waals surface area (Å²) < 4.78 is 49.4. The van der Waals surface area contributed by atoms with Crippen molar-refractivity contribution in [3.05, 3.63) is 107 Å². The maximum atomic E-state index is 14.0. The average molecular weight is 551 g/mol. The molecule has 2 aromatic carbocycles. The topological polar surface area (TPSA) is 42.3 Å². The lowest BCUT2D eigenvalue weighted by Gasteiger charge is -2.28. The molecule has 5 nitrogen and oxygen atoms in total. The Kier molecular flexibility index (Phi) is 7.11. The van der Waals surface area contributed by atoms with E-state index in [0.29, 0.717) is 16.5 Å². The van der Waals surface area contributed by atoms with Crippen LogP contribution in [0.1, 0.15) is 54.1 Å². The van der Waals surface area contributed by atoms with E-state index < -0.39 is 11.7 Å². The summed E-state index contributed by atoms with van der Waals surface area (Å²) >= 11 is 5.83. The first kappa shape index (κ1) is 26.7. The van der Waals surface area contributed by atoms with Crippen molar-refractivity contribution in [3.8, 4) is 11.4 Å². The smallest absolute Gasteiger partial charge is 0.418 e. The SMILES string of the molecule is Cc1cc([C@H]2[C@@H](c3ccccn3)NC(=S)N2c2ccc(OC(C)C)cc2)c(C)n1-c1ccccc1C(F)(F)F. The molecular formula is C30H29F3N4OS. The number of aromatic nitrogens is 2. The zero-order valence-corrected chi connectivity index (χ0v) is 22.8. The second-order valence-electron chi connectivity index (χ2n) is 9.83. The van der Waals surface area contributed by atoms with Crippen molar-refractivity contribution < 1.29 is 17.9 Å². The van der Waals surface area contributed by atoms with E-state index in [1.807, 2.05) is 81.1 Å². The number of nitrogens with zero attached hydrogens (tertiary/aromatic N) is 3. The number of rotatable bonds is 6. The van der Waals surface area contributed by atoms with Crippen LogP contribution >= 0.6 is 12.2 Å². The molecule has 3 heterocycles. The Morgan fingerprint density at radius 2 is 1.67 bits per heavy atom. The predicted molar refractivity (Wildman–Crippen MR) is 150 cm³/mol. The van der Waals surface area contributed by atoms with Gasteiger partial charge >= 0.3 is 6.18 Å². The molecule has 0 aliphatic carbocycles. The van der Waals surface area contributed by atoms with Crippen LogP contribution in [0.15, 0.2) is 79.0 Å². The second kappa shape index (κ2) is 10.4. The zero-order valence-electron chi connectivity index (χ0n) is 22.0. The summed E-state index contributed by atoms with van der Waals surface area (Å²) in [5.74, 6) is 0.742. The van der Waals surface area contributed by atoms with Crippen LogP contribution in [0.3, 0.4) is 0 Å². The van der Waals surface area contributed by atoms with E-state index >= 15 is 0 Å². The van der Waals surface area contributed by atoms with E-state index in [2.05, 4.69) is 10.3 Å². The van der Waals surface area contributed by atoms with Gasteiger partial charge in [0.2, 0.25) is 0 Å². The van der Waals surface area contributed by atoms with Crippen LogP contribution in [0.25, 0.3) is 5.69 Å². The molecule has 0 amide bonds. The highest BCUT2D eigenvalue weighted by molar-refractivity contribution is 7.80. The Bertz CT molecular complexity index is 1480. The average Bonchev–Trinajstić information content (AvgIpc) is 3.39. The van der Waals surface area contributed by atoms with Crippen LogP contribution in [0.2, 0.25) is 0 Å². The second-order valence-corrected chi connectivity index (χ2v) is 10.2. The molecule has 0 unspecified atom stereocenters. The number of hydrogen-bond donors (Lipinski definition) is 1. The van der Waals surface area contributed by atoms with Gasteiger partial charge in [-0.05, 0) is 100 Å². The summed E-state index contributed by atoms with van der Waals surface area (Å²) in [5, 5.41) is 3.93. The number of para-hydroxylation sites is 1. The van der Waals surface area contributed by atoms with Crippen molar-refractivity contribution >= 4 is 23.0 Å². The lowest BCUT2D eigenvalue weighted by molar-refractivity contribution is -0.137. The third-order valence-electron chi connectivity index (χ3n) is 6.82. The van der Waals surface area contributed by atoms with Gasteiger partial charge in [-0.25, -0.2) is 0 Å². The number of pyridine rings is 1. The van der Waals surface area contributed by atoms with E-state index in [1.165, 1.54) is 12.1 Å². The molecule has 4 aromatic rings. The van der Waals surface area contributed by atoms with Crippen LogP contribution in [0.5, 0.6) is 5.75 Å². The third kappa shape index (κ3) is 5.11. The summed E-state index contributed by atoms with van der Waals surface area (Å²) in [6, 6.07) is 20.3. The summed E-state index contributed by atoms with van der Waals surface area (Å²) in [7, 11) is 0. The number of anilines is 1. The Hall–Kier alpha value is -3.85. The normalized spacial score (nSPS) is 17.5. The zero-order chi connectivity index (χ0) is 27.9. The maximum Gasteiger partial charge on any atom is 0.418 e. The number of halogens is 3. The number of ether oxygens (including phenoxy) is 1. The summed E-state index contributed by atoms with van der Waals surface area (Å²) in [4.78, 5) is 6.59. The highest BCUT2D eigenvalue weighted by Crippen LogP contribution is 2.45. The number of aryl methyl sites for hydroxylation is 1. The van der Waals surface area contributed by atoms with Crippen molar-refractivity contribution in [2.24, 2.45) is 0 Å². The molecule has 1 aliphatic rings. The van der Waals surface area contributed by atoms with Crippen molar-refractivity contribution in [2.75, 3.05) is 4.90 Å². The van der Waals surface area contributed by atoms with Gasteiger partial charge in [-0.15, -0.1) is 0 Å². The van der Waals surface area contributed by atoms with Gasteiger partial charge in [-0.2, -0.15) is 13.2 Å². The molecule has 1 fully saturated rings. The highest BCUT2D eigenvalue weighted by Gasteiger charge is 2.43. The van der Waals surface area contributed by atoms with Crippen molar-refractivity contribution in [1.82, 2.24) is 14.9 Å². The van der Waals surface area contributed by atoms with Crippen LogP contribution in [0.4, 0.5) is 18.9 Å². The molecule has 1 aliphatic heterocycles. The van der Waals surface area contributed by atoms with Crippen molar-refractivity contribution in [1.29, 1.82) is 0 Å². The van der Waals surface area contributed by atoms with Gasteiger partial charge in [0.05, 0.1) is 35.1 Å². The fourth-order valence-electron chi connectivity index (χ4n) is 5.27. The first-order valence-corrected chi connectivity index (χ1v) is 13.1. The largest absolute Gasteiger partial charge is 0.491 e. The lowest BCUT2D eigenvalue weighted by atomic mass is 9.96. The Labute approximate surface area is 231 Å². The van der Waals surface area contributed by atoms with E-state index in [9.17, 15) is 13.2 Å². The van der Waals surface area contributed by atoms with E-state index in [0.717, 1.165) is 28.8 Å². The van der Waals surface area contributed by atoms with E-state index in [1.54, 1.807) is 16.8 Å². The molecule has 39 heavy (non-hydrogen) atoms. The Morgan fingerprint density at radius 3 is 2.31 bits per heavy atom. The fraction of sp³-hybridized carbons (Fsp3) is 0.267. The number of thiocarbonyl (C=S) groups is 1. The van der Waals surface area contributed by atoms with Crippen LogP contribution < -0.4 is 15.0 Å². The number of hydrogen-bond acceptors (Lipinski definition) is 3. The van der Waals surface area contributed by atoms with Crippen LogP contribution in [-0.2, 0) is 6.18 Å². The standard InChI is InChI=1S/C30H29F3N4OS/c1-18(2)38-22-14-12-21(13-15-22)37-28(27(35-29(37)39)25-10-7-8-16-34-25)23-17-19(3)36(20(23)4)26-11-6-5-9-24(26)30(31,32)33/h5-18,27-28H,1-4H3,(H,35,39)/t27-,28+/m1/s1. The third-order valence-corrected chi connectivity index (χ3v) is 7.14. The molecule has 2 atom stereocenters. The minimum absolute atomic E-state index is 0.0385. The van der Waals surface area contributed by atoms with Gasteiger partial charge in [0.15, 0.2) is 5.11 Å². The molecule has 0 saturated carbocycles. The first-order chi connectivity index (χ1) is 18.6. The van der Waals surface area contributed by atoms with Crippen molar-refractivity contribution in [2.45, 2.75) is 52.1 Å². The number of benzene rings is 2. The summed E-state index contributed by atoms with van der Waals surface area (Å²) in [6.07, 6.45) is -2.73. The van der Waals surface area contributed by atoms with Gasteiger partial charge in [0, 0.05) is 23.3 Å². The lowest BCUT2D eigenvalue weighted by Crippen LogP contribution is -2.29. The molecule has 5 rings (SSSR count). The highest BCUT2D eigenvalue weighted by atomic mass is 32.1. The Balaban J connectivity index is 1.66. The monoisotopic (exact) mass is 550 g/mol. The minimum Gasteiger partial charge on any atom is -0.491 e. The fourth-order valence-corrected chi connectivity index (χ4v) is 5.62. The van der Waals surface area contributed by atoms with Gasteiger partial charge < -0.3 is 19.5 Å². The quantitative estimate of drug-likeness (QED) is 0.252. The molecule has 1 saturated heterocycles. The molecule has 0 spiro atoms. The maximum absolute atomic E-state index is 14.0. The summed E-state index contributed by atoms with van der Waals surface area (Å²) in [5.41, 5.74) is 3.28. The number of alkyl halides is 3. The summed E-state index contributed by atoms with van der Waals surface area (Å²) in [6.45, 7) is 7.61. The number of nitrogens with one attached hydrogen (secondary N) is 1. The van der Waals surface area contributed by atoms with Gasteiger partial charge in [-0.1, -0.05) is 18.2 Å². The van der Waals surface area contributed by atoms with E-state index in [-0.39, 0.29) is 23.9 Å². The van der Waals surface area contributed by atoms with E-state index in [4.69, 9.17) is 17.0 Å². The molecule has 202 valence electrons. The molecule has 0 bridgehead atoms. The predicted octanol–water partition coefficient (Wildman–Crippen LogP) is 7.47. The van der Waals surface area contributed by atoms with Gasteiger partial charge in [0.25, 0.3) is 0 Å². The first-order valence-electron chi connectivity index (χ1n) is 12.7. The van der Waals surface area contributed by atoms with Crippen molar-refractivity contribution in [3.63, 3.8) is 0 Å².